The summed E-state index contributed by atoms with van der Waals surface area (Å²) in [6, 6.07) is 0. The fourth-order valence-corrected chi connectivity index (χ4v) is 1.96. The lowest BCUT2D eigenvalue weighted by atomic mass is 10.1. The van der Waals surface area contributed by atoms with E-state index in [0.29, 0.717) is 24.4 Å². The smallest absolute Gasteiger partial charge is 0.102 e. The number of hydrogen-bond donors (Lipinski definition) is 1. The van der Waals surface area contributed by atoms with Crippen LogP contribution in [0.2, 0.25) is 0 Å². The minimum Gasteiger partial charge on any atom is -0.377 e. The number of ether oxygens (including phenoxy) is 1. The average molecular weight is 268 g/mol. The normalized spacial score (nSPS) is 30.2. The van der Waals surface area contributed by atoms with Crippen LogP contribution in [-0.4, -0.2) is 30.4 Å². The van der Waals surface area contributed by atoms with E-state index in [1.54, 1.807) is 0 Å². The van der Waals surface area contributed by atoms with Gasteiger partial charge in [0.1, 0.15) is 6.17 Å². The Kier molecular flexibility index (Phi) is 5.98. The van der Waals surface area contributed by atoms with E-state index in [1.165, 1.54) is 0 Å². The molecular formula is C10H19BrFNO. The van der Waals surface area contributed by atoms with Crippen molar-refractivity contribution in [3.63, 3.8) is 0 Å². The van der Waals surface area contributed by atoms with E-state index in [9.17, 15) is 4.39 Å². The molecule has 0 aliphatic carbocycles. The number of halogens is 2. The third-order valence-corrected chi connectivity index (χ3v) is 3.32. The van der Waals surface area contributed by atoms with Crippen LogP contribution < -0.4 is 5.32 Å². The summed E-state index contributed by atoms with van der Waals surface area (Å²) < 4.78 is 18.4. The molecule has 1 aliphatic rings. The Balaban J connectivity index is 2.02. The highest BCUT2D eigenvalue weighted by Gasteiger charge is 2.18. The van der Waals surface area contributed by atoms with Crippen LogP contribution in [0.25, 0.3) is 0 Å². The molecule has 0 spiro atoms. The maximum absolute atomic E-state index is 12.8. The second-order valence-electron chi connectivity index (χ2n) is 3.74. The molecule has 0 aromatic rings. The fraction of sp³-hybridized carbons (Fsp3) is 1.00. The minimum atomic E-state index is -0.699. The van der Waals surface area contributed by atoms with Gasteiger partial charge >= 0.3 is 0 Å². The Morgan fingerprint density at radius 2 is 2.36 bits per heavy atom. The van der Waals surface area contributed by atoms with Gasteiger partial charge in [0.25, 0.3) is 0 Å². The van der Waals surface area contributed by atoms with Gasteiger partial charge < -0.3 is 10.1 Å². The van der Waals surface area contributed by atoms with Crippen molar-refractivity contribution in [2.24, 2.45) is 0 Å². The van der Waals surface area contributed by atoms with Gasteiger partial charge in [-0.1, -0.05) is 22.9 Å². The summed E-state index contributed by atoms with van der Waals surface area (Å²) in [5, 5.41) is 3.28. The van der Waals surface area contributed by atoms with Gasteiger partial charge in [0, 0.05) is 19.6 Å². The zero-order valence-corrected chi connectivity index (χ0v) is 10.2. The standard InChI is InChI=1S/C10H19BrFNO/c1-2-8(12)5-6-14-9-3-4-10(11)13-7-9/h8-10,13H,2-7H2,1H3. The lowest BCUT2D eigenvalue weighted by molar-refractivity contribution is 0.0248. The summed E-state index contributed by atoms with van der Waals surface area (Å²) in [5.74, 6) is 0. The van der Waals surface area contributed by atoms with Crippen LogP contribution in [0.1, 0.15) is 32.6 Å². The van der Waals surface area contributed by atoms with Crippen molar-refractivity contribution in [2.75, 3.05) is 13.2 Å². The molecule has 0 amide bonds. The van der Waals surface area contributed by atoms with Gasteiger partial charge in [-0.05, 0) is 19.3 Å². The first kappa shape index (κ1) is 12.4. The highest BCUT2D eigenvalue weighted by molar-refractivity contribution is 9.09. The van der Waals surface area contributed by atoms with E-state index in [2.05, 4.69) is 21.2 Å². The van der Waals surface area contributed by atoms with E-state index < -0.39 is 6.17 Å². The molecule has 84 valence electrons. The molecule has 3 atom stereocenters. The Morgan fingerprint density at radius 1 is 1.57 bits per heavy atom. The second kappa shape index (κ2) is 6.75. The predicted octanol–water partition coefficient (Wildman–Crippen LogP) is 2.61. The molecule has 3 unspecified atom stereocenters. The Hall–Kier alpha value is 0.330. The van der Waals surface area contributed by atoms with Gasteiger partial charge in [-0.3, -0.25) is 0 Å². The van der Waals surface area contributed by atoms with Crippen molar-refractivity contribution in [2.45, 2.75) is 49.8 Å². The summed E-state index contributed by atoms with van der Waals surface area (Å²) in [7, 11) is 0. The summed E-state index contributed by atoms with van der Waals surface area (Å²) >= 11 is 3.49. The first-order valence-corrected chi connectivity index (χ1v) is 6.27. The van der Waals surface area contributed by atoms with Crippen molar-refractivity contribution in [1.82, 2.24) is 5.32 Å². The number of rotatable bonds is 5. The van der Waals surface area contributed by atoms with E-state index in [0.717, 1.165) is 19.4 Å². The molecular weight excluding hydrogens is 249 g/mol. The molecule has 1 aliphatic heterocycles. The van der Waals surface area contributed by atoms with Gasteiger partial charge in [0.2, 0.25) is 0 Å². The summed E-state index contributed by atoms with van der Waals surface area (Å²) in [4.78, 5) is 0.423. The van der Waals surface area contributed by atoms with Gasteiger partial charge in [-0.15, -0.1) is 0 Å². The van der Waals surface area contributed by atoms with Crippen LogP contribution in [0.5, 0.6) is 0 Å². The summed E-state index contributed by atoms with van der Waals surface area (Å²) in [6.07, 6.45) is 2.84. The predicted molar refractivity (Wildman–Crippen MR) is 59.5 cm³/mol. The molecule has 2 nitrogen and oxygen atoms in total. The molecule has 0 bridgehead atoms. The molecule has 4 heteroatoms. The molecule has 0 aromatic heterocycles. The van der Waals surface area contributed by atoms with Crippen LogP contribution in [0.3, 0.4) is 0 Å². The molecule has 1 heterocycles. The molecule has 0 radical (unpaired) electrons. The zero-order chi connectivity index (χ0) is 10.4. The molecule has 0 aromatic carbocycles. The summed E-state index contributed by atoms with van der Waals surface area (Å²) in [6.45, 7) is 3.29. The van der Waals surface area contributed by atoms with E-state index in [-0.39, 0.29) is 6.10 Å². The monoisotopic (exact) mass is 267 g/mol. The number of nitrogens with one attached hydrogen (secondary N) is 1. The SMILES string of the molecule is CCC(F)CCOC1CCC(Br)NC1. The van der Waals surface area contributed by atoms with Crippen LogP contribution in [-0.2, 0) is 4.74 Å². The second-order valence-corrected chi connectivity index (χ2v) is 4.85. The van der Waals surface area contributed by atoms with Crippen LogP contribution >= 0.6 is 15.9 Å². The van der Waals surface area contributed by atoms with Crippen molar-refractivity contribution >= 4 is 15.9 Å². The van der Waals surface area contributed by atoms with Crippen LogP contribution in [0.15, 0.2) is 0 Å². The number of alkyl halides is 2. The lowest BCUT2D eigenvalue weighted by Crippen LogP contribution is -2.39. The van der Waals surface area contributed by atoms with Crippen molar-refractivity contribution in [1.29, 1.82) is 0 Å². The van der Waals surface area contributed by atoms with E-state index in [1.807, 2.05) is 6.92 Å². The van der Waals surface area contributed by atoms with Gasteiger partial charge in [-0.2, -0.15) is 0 Å². The maximum Gasteiger partial charge on any atom is 0.102 e. The van der Waals surface area contributed by atoms with Gasteiger partial charge in [-0.25, -0.2) is 4.39 Å². The van der Waals surface area contributed by atoms with Gasteiger partial charge in [0.15, 0.2) is 0 Å². The topological polar surface area (TPSA) is 21.3 Å². The first-order chi connectivity index (χ1) is 6.72. The van der Waals surface area contributed by atoms with Crippen LogP contribution in [0, 0.1) is 0 Å². The highest BCUT2D eigenvalue weighted by atomic mass is 79.9. The van der Waals surface area contributed by atoms with E-state index in [4.69, 9.17) is 4.74 Å². The molecule has 14 heavy (non-hydrogen) atoms. The number of piperidine rings is 1. The lowest BCUT2D eigenvalue weighted by Gasteiger charge is -2.26. The van der Waals surface area contributed by atoms with Gasteiger partial charge in [0.05, 0.1) is 11.1 Å². The van der Waals surface area contributed by atoms with E-state index >= 15 is 0 Å². The molecule has 1 saturated heterocycles. The minimum absolute atomic E-state index is 0.271. The van der Waals surface area contributed by atoms with Crippen molar-refractivity contribution < 1.29 is 9.13 Å². The van der Waals surface area contributed by atoms with Crippen molar-refractivity contribution in [3.8, 4) is 0 Å². The third kappa shape index (κ3) is 4.71. The van der Waals surface area contributed by atoms with Crippen LogP contribution in [0.4, 0.5) is 4.39 Å². The van der Waals surface area contributed by atoms with Crippen molar-refractivity contribution in [3.05, 3.63) is 0 Å². The molecule has 0 saturated carbocycles. The Labute approximate surface area is 93.7 Å². The largest absolute Gasteiger partial charge is 0.377 e. The number of hydrogen-bond acceptors (Lipinski definition) is 2. The average Bonchev–Trinajstić information content (AvgIpc) is 2.21. The molecule has 1 N–H and O–H groups in total. The first-order valence-electron chi connectivity index (χ1n) is 5.35. The zero-order valence-electron chi connectivity index (χ0n) is 8.64. The highest BCUT2D eigenvalue weighted by Crippen LogP contribution is 2.15. The molecule has 1 rings (SSSR count). The fourth-order valence-electron chi connectivity index (χ4n) is 1.50. The Morgan fingerprint density at radius 3 is 2.93 bits per heavy atom. The third-order valence-electron chi connectivity index (χ3n) is 2.54. The summed E-state index contributed by atoms with van der Waals surface area (Å²) in [5.41, 5.74) is 0. The quantitative estimate of drug-likeness (QED) is 0.611. The molecule has 1 fully saturated rings. The maximum atomic E-state index is 12.8. The Bertz CT molecular complexity index is 151.